The van der Waals surface area contributed by atoms with Crippen molar-refractivity contribution in [1.29, 1.82) is 0 Å². The van der Waals surface area contributed by atoms with Crippen LogP contribution in [-0.2, 0) is 16.1 Å². The van der Waals surface area contributed by atoms with Crippen molar-refractivity contribution in [2.75, 3.05) is 6.61 Å². The first kappa shape index (κ1) is 19.3. The topological polar surface area (TPSA) is 70.3 Å². The lowest BCUT2D eigenvalue weighted by molar-refractivity contribution is -0.147. The van der Waals surface area contributed by atoms with Crippen LogP contribution in [0, 0.1) is 10.6 Å². The predicted molar refractivity (Wildman–Crippen MR) is 90.1 cm³/mol. The number of carbonyl (C=O) groups excluding carboxylic acids is 2. The summed E-state index contributed by atoms with van der Waals surface area (Å²) >= 11 is 5.06. The number of nitrogens with zero attached hydrogens (tertiary/aromatic N) is 2. The molecule has 0 aliphatic carbocycles. The Bertz CT molecular complexity index is 661. The molecule has 0 unspecified atom stereocenters. The van der Waals surface area contributed by atoms with Crippen molar-refractivity contribution in [3.8, 4) is 0 Å². The Kier molecular flexibility index (Phi) is 7.88. The second-order valence-corrected chi connectivity index (χ2v) is 6.00. The zero-order chi connectivity index (χ0) is 17.4. The fourth-order valence-electron chi connectivity index (χ4n) is 2.01. The number of hydrogen-bond donors (Lipinski definition) is 0. The van der Waals surface area contributed by atoms with Gasteiger partial charge in [-0.2, -0.15) is 0 Å². The Morgan fingerprint density at radius 3 is 2.57 bits per heavy atom. The highest BCUT2D eigenvalue weighted by Gasteiger charge is 2.10. The summed E-state index contributed by atoms with van der Waals surface area (Å²) in [6, 6.07) is 1.59. The minimum Gasteiger partial charge on any atom is -0.465 e. The van der Waals surface area contributed by atoms with Gasteiger partial charge in [-0.05, 0) is 32.3 Å². The standard InChI is InChI=1S/C16H24N2O4S/c1-4-17-14(23)9-10-18(16(17)21)13(19)8-6-5-7-11-22-15(20)12(2)3/h9-10,12H,4-8,11H2,1-3H3. The summed E-state index contributed by atoms with van der Waals surface area (Å²) in [6.07, 6.45) is 3.83. The minimum absolute atomic E-state index is 0.124. The Morgan fingerprint density at radius 1 is 1.26 bits per heavy atom. The molecule has 1 rings (SSSR count). The largest absolute Gasteiger partial charge is 0.465 e. The van der Waals surface area contributed by atoms with E-state index in [1.807, 2.05) is 6.92 Å². The molecular formula is C16H24N2O4S. The highest BCUT2D eigenvalue weighted by Crippen LogP contribution is 2.04. The summed E-state index contributed by atoms with van der Waals surface area (Å²) in [4.78, 5) is 35.5. The molecule has 0 aliphatic rings. The molecular weight excluding hydrogens is 316 g/mol. The molecule has 6 nitrogen and oxygen atoms in total. The van der Waals surface area contributed by atoms with Crippen LogP contribution in [0.2, 0.25) is 0 Å². The molecule has 128 valence electrons. The number of hydrogen-bond acceptors (Lipinski definition) is 5. The van der Waals surface area contributed by atoms with E-state index in [2.05, 4.69) is 0 Å². The van der Waals surface area contributed by atoms with E-state index < -0.39 is 5.69 Å². The van der Waals surface area contributed by atoms with Gasteiger partial charge in [0, 0.05) is 19.2 Å². The quantitative estimate of drug-likeness (QED) is 0.413. The SMILES string of the molecule is CCn1c(=S)ccn(C(=O)CCCCCOC(=O)C(C)C)c1=O. The molecule has 1 aromatic rings. The van der Waals surface area contributed by atoms with Gasteiger partial charge in [0.05, 0.1) is 12.5 Å². The van der Waals surface area contributed by atoms with Crippen LogP contribution in [0.25, 0.3) is 0 Å². The van der Waals surface area contributed by atoms with E-state index in [0.717, 1.165) is 11.0 Å². The van der Waals surface area contributed by atoms with E-state index in [-0.39, 0.29) is 24.2 Å². The van der Waals surface area contributed by atoms with E-state index >= 15 is 0 Å². The molecule has 23 heavy (non-hydrogen) atoms. The number of aromatic nitrogens is 2. The van der Waals surface area contributed by atoms with Crippen LogP contribution in [0.3, 0.4) is 0 Å². The van der Waals surface area contributed by atoms with Crippen molar-refractivity contribution in [3.05, 3.63) is 27.4 Å². The van der Waals surface area contributed by atoms with Crippen LogP contribution in [-0.4, -0.2) is 27.6 Å². The van der Waals surface area contributed by atoms with Gasteiger partial charge >= 0.3 is 11.7 Å². The van der Waals surface area contributed by atoms with Crippen molar-refractivity contribution in [1.82, 2.24) is 9.13 Å². The highest BCUT2D eigenvalue weighted by atomic mass is 32.1. The van der Waals surface area contributed by atoms with Crippen molar-refractivity contribution < 1.29 is 14.3 Å². The van der Waals surface area contributed by atoms with Crippen LogP contribution < -0.4 is 5.69 Å². The van der Waals surface area contributed by atoms with Crippen LogP contribution >= 0.6 is 12.2 Å². The van der Waals surface area contributed by atoms with Crippen LogP contribution in [0.5, 0.6) is 0 Å². The Balaban J connectivity index is 2.42. The molecule has 0 radical (unpaired) electrons. The molecule has 0 saturated heterocycles. The lowest BCUT2D eigenvalue weighted by Crippen LogP contribution is -2.34. The summed E-state index contributed by atoms with van der Waals surface area (Å²) < 4.78 is 7.98. The van der Waals surface area contributed by atoms with Gasteiger partial charge in [-0.15, -0.1) is 0 Å². The van der Waals surface area contributed by atoms with Crippen LogP contribution in [0.1, 0.15) is 51.2 Å². The molecule has 1 aromatic heterocycles. The molecule has 0 spiro atoms. The number of esters is 1. The molecule has 7 heteroatoms. The van der Waals surface area contributed by atoms with E-state index in [1.54, 1.807) is 19.9 Å². The van der Waals surface area contributed by atoms with Gasteiger partial charge in [-0.25, -0.2) is 9.36 Å². The number of unbranched alkanes of at least 4 members (excludes halogenated alkanes) is 2. The maximum absolute atomic E-state index is 12.1. The van der Waals surface area contributed by atoms with Gasteiger partial charge in [0.15, 0.2) is 0 Å². The van der Waals surface area contributed by atoms with Gasteiger partial charge in [0.2, 0.25) is 5.91 Å². The molecule has 1 heterocycles. The van der Waals surface area contributed by atoms with E-state index in [4.69, 9.17) is 17.0 Å². The summed E-state index contributed by atoms with van der Waals surface area (Å²) in [7, 11) is 0. The smallest absolute Gasteiger partial charge is 0.335 e. The fraction of sp³-hybridized carbons (Fsp3) is 0.625. The van der Waals surface area contributed by atoms with Gasteiger partial charge in [-0.1, -0.05) is 26.1 Å². The third kappa shape index (κ3) is 5.74. The van der Waals surface area contributed by atoms with E-state index in [0.29, 0.717) is 30.6 Å². The van der Waals surface area contributed by atoms with Gasteiger partial charge in [0.1, 0.15) is 4.64 Å². The third-order valence-electron chi connectivity index (χ3n) is 3.40. The predicted octanol–water partition coefficient (Wildman–Crippen LogP) is 2.80. The Labute approximate surface area is 141 Å². The van der Waals surface area contributed by atoms with Gasteiger partial charge in [-0.3, -0.25) is 14.2 Å². The first-order chi connectivity index (χ1) is 10.9. The molecule has 0 aliphatic heterocycles. The molecule has 0 N–H and O–H groups in total. The average molecular weight is 340 g/mol. The number of carbonyl (C=O) groups is 2. The molecule has 0 amide bonds. The second kappa shape index (κ2) is 9.39. The van der Waals surface area contributed by atoms with Crippen molar-refractivity contribution in [3.63, 3.8) is 0 Å². The van der Waals surface area contributed by atoms with Gasteiger partial charge < -0.3 is 4.74 Å². The van der Waals surface area contributed by atoms with E-state index in [9.17, 15) is 14.4 Å². The minimum atomic E-state index is -0.393. The number of rotatable bonds is 8. The summed E-state index contributed by atoms with van der Waals surface area (Å²) in [5.74, 6) is -0.576. The Hall–Kier alpha value is -1.76. The first-order valence-corrected chi connectivity index (χ1v) is 8.31. The molecule has 0 fully saturated rings. The molecule has 0 saturated carbocycles. The first-order valence-electron chi connectivity index (χ1n) is 7.90. The number of ether oxygens (including phenoxy) is 1. The highest BCUT2D eigenvalue weighted by molar-refractivity contribution is 7.71. The van der Waals surface area contributed by atoms with Crippen LogP contribution in [0.4, 0.5) is 0 Å². The third-order valence-corrected chi connectivity index (χ3v) is 3.76. The van der Waals surface area contributed by atoms with E-state index in [1.165, 1.54) is 10.8 Å². The fourth-order valence-corrected chi connectivity index (χ4v) is 2.28. The summed E-state index contributed by atoms with van der Waals surface area (Å²) in [6.45, 7) is 6.19. The average Bonchev–Trinajstić information content (AvgIpc) is 2.50. The second-order valence-electron chi connectivity index (χ2n) is 5.58. The molecule has 0 aromatic carbocycles. The monoisotopic (exact) mass is 340 g/mol. The Morgan fingerprint density at radius 2 is 1.96 bits per heavy atom. The van der Waals surface area contributed by atoms with Crippen molar-refractivity contribution >= 4 is 24.1 Å². The summed E-state index contributed by atoms with van der Waals surface area (Å²) in [5.41, 5.74) is -0.393. The zero-order valence-electron chi connectivity index (χ0n) is 13.9. The van der Waals surface area contributed by atoms with Crippen molar-refractivity contribution in [2.24, 2.45) is 5.92 Å². The maximum atomic E-state index is 12.1. The lowest BCUT2D eigenvalue weighted by Gasteiger charge is -2.09. The lowest BCUT2D eigenvalue weighted by atomic mass is 10.2. The van der Waals surface area contributed by atoms with Crippen molar-refractivity contribution in [2.45, 2.75) is 53.0 Å². The molecule has 0 bridgehead atoms. The van der Waals surface area contributed by atoms with Crippen LogP contribution in [0.15, 0.2) is 17.1 Å². The maximum Gasteiger partial charge on any atom is 0.335 e. The zero-order valence-corrected chi connectivity index (χ0v) is 14.7. The normalized spacial score (nSPS) is 10.8. The van der Waals surface area contributed by atoms with Gasteiger partial charge in [0.25, 0.3) is 0 Å². The molecule has 0 atom stereocenters. The summed E-state index contributed by atoms with van der Waals surface area (Å²) in [5, 5.41) is 0.